The van der Waals surface area contributed by atoms with Crippen LogP contribution in [0, 0.1) is 0 Å². The average molecular weight is 207 g/mol. The monoisotopic (exact) mass is 207 g/mol. The minimum Gasteiger partial charge on any atom is -0.453 e. The molecule has 0 bridgehead atoms. The maximum atomic E-state index is 11.0. The van der Waals surface area contributed by atoms with E-state index in [0.29, 0.717) is 12.4 Å². The molecule has 1 aromatic rings. The molecular weight excluding hydrogens is 194 g/mol. The average Bonchev–Trinajstić information content (AvgIpc) is 2.67. The molecule has 1 aliphatic heterocycles. The largest absolute Gasteiger partial charge is 0.453 e. The van der Waals surface area contributed by atoms with Crippen molar-refractivity contribution in [3.05, 3.63) is 24.4 Å². The van der Waals surface area contributed by atoms with E-state index in [2.05, 4.69) is 4.98 Å². The van der Waals surface area contributed by atoms with Crippen molar-refractivity contribution in [2.75, 3.05) is 6.54 Å². The van der Waals surface area contributed by atoms with Crippen molar-refractivity contribution in [2.45, 2.75) is 19.1 Å². The summed E-state index contributed by atoms with van der Waals surface area (Å²) in [5.74, 6) is 0.524. The van der Waals surface area contributed by atoms with Crippen molar-refractivity contribution in [2.24, 2.45) is 5.73 Å². The molecule has 1 aliphatic rings. The highest BCUT2D eigenvalue weighted by atomic mass is 16.5. The Hall–Kier alpha value is -1.78. The van der Waals surface area contributed by atoms with Crippen molar-refractivity contribution in [1.82, 2.24) is 9.88 Å². The van der Waals surface area contributed by atoms with Crippen LogP contribution in [0.15, 0.2) is 24.4 Å². The van der Waals surface area contributed by atoms with Crippen LogP contribution in [0.25, 0.3) is 0 Å². The molecule has 1 fully saturated rings. The summed E-state index contributed by atoms with van der Waals surface area (Å²) < 4.78 is 5.56. The quantitative estimate of drug-likeness (QED) is 0.785. The summed E-state index contributed by atoms with van der Waals surface area (Å²) in [6.07, 6.45) is 3.11. The fraction of sp³-hybridized carbons (Fsp3) is 0.400. The number of ether oxygens (including phenoxy) is 1. The van der Waals surface area contributed by atoms with Crippen LogP contribution in [0.4, 0.5) is 4.79 Å². The Morgan fingerprint density at radius 2 is 2.47 bits per heavy atom. The van der Waals surface area contributed by atoms with Gasteiger partial charge in [-0.25, -0.2) is 9.78 Å². The number of carbonyl (C=O) groups excluding carboxylic acids is 1. The first-order valence-electron chi connectivity index (χ1n) is 4.91. The van der Waals surface area contributed by atoms with Gasteiger partial charge in [-0.2, -0.15) is 0 Å². The predicted molar refractivity (Wildman–Crippen MR) is 54.2 cm³/mol. The van der Waals surface area contributed by atoms with Crippen molar-refractivity contribution in [3.8, 4) is 5.88 Å². The van der Waals surface area contributed by atoms with Gasteiger partial charge in [0.1, 0.15) is 0 Å². The number of rotatable bonds is 2. The van der Waals surface area contributed by atoms with Crippen molar-refractivity contribution < 1.29 is 9.53 Å². The van der Waals surface area contributed by atoms with Crippen molar-refractivity contribution in [3.63, 3.8) is 0 Å². The molecule has 15 heavy (non-hydrogen) atoms. The van der Waals surface area contributed by atoms with Crippen LogP contribution in [0.2, 0.25) is 0 Å². The number of urea groups is 1. The molecule has 5 heteroatoms. The molecule has 0 spiro atoms. The van der Waals surface area contributed by atoms with Gasteiger partial charge in [0, 0.05) is 25.2 Å². The molecule has 1 atom stereocenters. The summed E-state index contributed by atoms with van der Waals surface area (Å²) in [6.45, 7) is 0.660. The van der Waals surface area contributed by atoms with Crippen LogP contribution in [-0.4, -0.2) is 28.7 Å². The summed E-state index contributed by atoms with van der Waals surface area (Å²) in [4.78, 5) is 16.6. The van der Waals surface area contributed by atoms with Gasteiger partial charge in [-0.3, -0.25) is 4.90 Å². The third-order valence-corrected chi connectivity index (χ3v) is 2.38. The lowest BCUT2D eigenvalue weighted by Crippen LogP contribution is -2.42. The summed E-state index contributed by atoms with van der Waals surface area (Å²) >= 11 is 0. The predicted octanol–water partition coefficient (Wildman–Crippen LogP) is 0.961. The summed E-state index contributed by atoms with van der Waals surface area (Å²) in [5.41, 5.74) is 5.23. The number of nitrogens with two attached hydrogens (primary N) is 1. The molecule has 1 saturated heterocycles. The molecule has 2 N–H and O–H groups in total. The number of hydrogen-bond acceptors (Lipinski definition) is 3. The van der Waals surface area contributed by atoms with E-state index in [1.54, 1.807) is 12.3 Å². The number of hydrogen-bond donors (Lipinski definition) is 1. The normalized spacial score (nSPS) is 20.3. The molecule has 2 rings (SSSR count). The Kier molecular flexibility index (Phi) is 2.71. The number of aromatic nitrogens is 1. The van der Waals surface area contributed by atoms with E-state index < -0.39 is 6.03 Å². The zero-order valence-electron chi connectivity index (χ0n) is 8.30. The first-order valence-corrected chi connectivity index (χ1v) is 4.91. The fourth-order valence-corrected chi connectivity index (χ4v) is 1.67. The first kappa shape index (κ1) is 9.76. The van der Waals surface area contributed by atoms with E-state index in [9.17, 15) is 4.79 Å². The summed E-state index contributed by atoms with van der Waals surface area (Å²) in [5, 5.41) is 0. The lowest BCUT2D eigenvalue weighted by atomic mass is 10.4. The zero-order valence-corrected chi connectivity index (χ0v) is 8.30. The Morgan fingerprint density at radius 1 is 1.60 bits per heavy atom. The van der Waals surface area contributed by atoms with Crippen LogP contribution in [0.3, 0.4) is 0 Å². The number of primary amides is 1. The molecule has 2 heterocycles. The van der Waals surface area contributed by atoms with E-state index in [4.69, 9.17) is 10.5 Å². The minimum atomic E-state index is -0.437. The second kappa shape index (κ2) is 4.16. The van der Waals surface area contributed by atoms with E-state index in [-0.39, 0.29) is 6.23 Å². The van der Waals surface area contributed by atoms with E-state index in [0.717, 1.165) is 12.8 Å². The lowest BCUT2D eigenvalue weighted by molar-refractivity contribution is 0.0820. The highest BCUT2D eigenvalue weighted by Crippen LogP contribution is 2.19. The Balaban J connectivity index is 2.03. The lowest BCUT2D eigenvalue weighted by Gasteiger charge is -2.22. The van der Waals surface area contributed by atoms with Gasteiger partial charge in [0.2, 0.25) is 5.88 Å². The molecule has 0 radical (unpaired) electrons. The summed E-state index contributed by atoms with van der Waals surface area (Å²) in [7, 11) is 0. The maximum absolute atomic E-state index is 11.0. The number of carbonyl (C=O) groups is 1. The SMILES string of the molecule is NC(=O)N1CCC[C@@H]1Oc1ccccn1. The third kappa shape index (κ3) is 2.18. The second-order valence-electron chi connectivity index (χ2n) is 3.41. The Labute approximate surface area is 87.8 Å². The van der Waals surface area contributed by atoms with Crippen LogP contribution in [-0.2, 0) is 0 Å². The summed E-state index contributed by atoms with van der Waals surface area (Å²) in [6, 6.07) is 4.98. The van der Waals surface area contributed by atoms with Crippen molar-refractivity contribution >= 4 is 6.03 Å². The molecule has 0 aliphatic carbocycles. The number of amides is 2. The van der Waals surface area contributed by atoms with Gasteiger partial charge < -0.3 is 10.5 Å². The molecule has 0 aromatic carbocycles. The minimum absolute atomic E-state index is 0.266. The first-order chi connectivity index (χ1) is 7.27. The number of pyridine rings is 1. The Bertz CT molecular complexity index is 342. The number of likely N-dealkylation sites (tertiary alicyclic amines) is 1. The van der Waals surface area contributed by atoms with Gasteiger partial charge >= 0.3 is 6.03 Å². The molecule has 1 aromatic heterocycles. The molecule has 80 valence electrons. The van der Waals surface area contributed by atoms with Gasteiger partial charge in [-0.1, -0.05) is 6.07 Å². The molecule has 0 saturated carbocycles. The van der Waals surface area contributed by atoms with E-state index in [1.165, 1.54) is 4.90 Å². The molecule has 5 nitrogen and oxygen atoms in total. The van der Waals surface area contributed by atoms with Gasteiger partial charge in [-0.05, 0) is 12.5 Å². The second-order valence-corrected chi connectivity index (χ2v) is 3.41. The van der Waals surface area contributed by atoms with Crippen LogP contribution in [0.1, 0.15) is 12.8 Å². The molecular formula is C10H13N3O2. The van der Waals surface area contributed by atoms with Crippen LogP contribution >= 0.6 is 0 Å². The molecule has 0 unspecified atom stereocenters. The van der Waals surface area contributed by atoms with Crippen LogP contribution in [0.5, 0.6) is 5.88 Å². The zero-order chi connectivity index (χ0) is 10.7. The van der Waals surface area contributed by atoms with Gasteiger partial charge in [0.15, 0.2) is 6.23 Å². The maximum Gasteiger partial charge on any atom is 0.317 e. The van der Waals surface area contributed by atoms with Gasteiger partial charge in [0.05, 0.1) is 0 Å². The van der Waals surface area contributed by atoms with Gasteiger partial charge in [0.25, 0.3) is 0 Å². The Morgan fingerprint density at radius 3 is 3.13 bits per heavy atom. The van der Waals surface area contributed by atoms with Crippen LogP contribution < -0.4 is 10.5 Å². The smallest absolute Gasteiger partial charge is 0.317 e. The fourth-order valence-electron chi connectivity index (χ4n) is 1.67. The van der Waals surface area contributed by atoms with Crippen molar-refractivity contribution in [1.29, 1.82) is 0 Å². The molecule has 2 amide bonds. The third-order valence-electron chi connectivity index (χ3n) is 2.38. The highest BCUT2D eigenvalue weighted by Gasteiger charge is 2.28. The van der Waals surface area contributed by atoms with E-state index in [1.807, 2.05) is 12.1 Å². The van der Waals surface area contributed by atoms with E-state index >= 15 is 0 Å². The topological polar surface area (TPSA) is 68.5 Å². The number of nitrogens with zero attached hydrogens (tertiary/aromatic N) is 2. The highest BCUT2D eigenvalue weighted by molar-refractivity contribution is 5.72. The van der Waals surface area contributed by atoms with Gasteiger partial charge in [-0.15, -0.1) is 0 Å². The standard InChI is InChI=1S/C10H13N3O2/c11-10(14)13-7-3-5-9(13)15-8-4-1-2-6-12-8/h1-2,4,6,9H,3,5,7H2,(H2,11,14)/t9-/m0/s1.